The first kappa shape index (κ1) is 22.1. The lowest BCUT2D eigenvalue weighted by atomic mass is 10.0. The third kappa shape index (κ3) is 6.21. The summed E-state index contributed by atoms with van der Waals surface area (Å²) in [7, 11) is 0. The molecule has 7 heteroatoms. The number of aromatic nitrogens is 1. The van der Waals surface area contributed by atoms with Gasteiger partial charge in [0.05, 0.1) is 5.69 Å². The van der Waals surface area contributed by atoms with Gasteiger partial charge in [-0.25, -0.2) is 9.78 Å². The van der Waals surface area contributed by atoms with Crippen LogP contribution in [-0.2, 0) is 9.53 Å². The summed E-state index contributed by atoms with van der Waals surface area (Å²) in [4.78, 5) is 17.2. The molecule has 31 heavy (non-hydrogen) atoms. The number of nitriles is 1. The third-order valence-electron chi connectivity index (χ3n) is 4.42. The second-order valence-electron chi connectivity index (χ2n) is 7.13. The molecule has 2 unspecified atom stereocenters. The molecule has 0 saturated carbocycles. The first-order valence-corrected chi connectivity index (χ1v) is 10.2. The van der Waals surface area contributed by atoms with Crippen molar-refractivity contribution in [3.63, 3.8) is 0 Å². The van der Waals surface area contributed by atoms with Gasteiger partial charge in [-0.1, -0.05) is 49.7 Å². The van der Waals surface area contributed by atoms with Gasteiger partial charge < -0.3 is 14.8 Å². The van der Waals surface area contributed by atoms with E-state index in [1.54, 1.807) is 54.6 Å². The minimum Gasteiger partial charge on any atom is -0.439 e. The number of esters is 1. The summed E-state index contributed by atoms with van der Waals surface area (Å²) in [5.41, 5.74) is 1.02. The minimum absolute atomic E-state index is 0.0803. The van der Waals surface area contributed by atoms with Crippen molar-refractivity contribution in [1.82, 2.24) is 4.98 Å². The van der Waals surface area contributed by atoms with Gasteiger partial charge >= 0.3 is 5.97 Å². The number of halogens is 1. The molecule has 0 bridgehead atoms. The van der Waals surface area contributed by atoms with Crippen LogP contribution < -0.4 is 10.1 Å². The molecule has 2 atom stereocenters. The van der Waals surface area contributed by atoms with Crippen molar-refractivity contribution >= 4 is 23.3 Å². The van der Waals surface area contributed by atoms with E-state index in [2.05, 4.69) is 10.3 Å². The molecule has 0 fully saturated rings. The number of anilines is 1. The van der Waals surface area contributed by atoms with E-state index in [0.717, 1.165) is 5.69 Å². The minimum atomic E-state index is -1.17. The van der Waals surface area contributed by atoms with Gasteiger partial charge in [-0.2, -0.15) is 5.26 Å². The molecule has 0 radical (unpaired) electrons. The van der Waals surface area contributed by atoms with Gasteiger partial charge in [0.2, 0.25) is 12.0 Å². The molecular formula is C24H22ClN3O3. The van der Waals surface area contributed by atoms with E-state index in [-0.39, 0.29) is 5.92 Å². The van der Waals surface area contributed by atoms with Crippen LogP contribution in [0.25, 0.3) is 0 Å². The summed E-state index contributed by atoms with van der Waals surface area (Å²) in [6.07, 6.45) is -1.17. The standard InChI is InChI=1S/C24H22ClN3O3/c1-16(2)23(27-18-13-11-17(25)12-14-18)24(29)31-21(15-26)20-9-6-10-22(28-20)30-19-7-4-3-5-8-19/h3-14,16,21,23,27H,1-2H3. The molecule has 6 nitrogen and oxygen atoms in total. The number of carbonyl (C=O) groups excluding carboxylic acids is 1. The van der Waals surface area contributed by atoms with Crippen molar-refractivity contribution in [3.05, 3.63) is 83.5 Å². The summed E-state index contributed by atoms with van der Waals surface area (Å²) in [6, 6.07) is 22.5. The normalized spacial score (nSPS) is 12.5. The Balaban J connectivity index is 1.73. The number of nitrogens with one attached hydrogen (secondary N) is 1. The number of hydrogen-bond donors (Lipinski definition) is 1. The Labute approximate surface area is 186 Å². The smallest absolute Gasteiger partial charge is 0.330 e. The van der Waals surface area contributed by atoms with Gasteiger partial charge in [0.15, 0.2) is 0 Å². The van der Waals surface area contributed by atoms with Gasteiger partial charge in [0.1, 0.15) is 17.9 Å². The second kappa shape index (κ2) is 10.5. The first-order chi connectivity index (χ1) is 15.0. The largest absolute Gasteiger partial charge is 0.439 e. The monoisotopic (exact) mass is 435 g/mol. The molecule has 0 aliphatic rings. The molecule has 2 aromatic carbocycles. The van der Waals surface area contributed by atoms with Crippen LogP contribution in [0.15, 0.2) is 72.8 Å². The van der Waals surface area contributed by atoms with Crippen LogP contribution in [-0.4, -0.2) is 17.0 Å². The Morgan fingerprint density at radius 2 is 1.74 bits per heavy atom. The maximum atomic E-state index is 12.9. The van der Waals surface area contributed by atoms with E-state index in [0.29, 0.717) is 22.3 Å². The Hall–Kier alpha value is -3.56. The van der Waals surface area contributed by atoms with Crippen molar-refractivity contribution in [2.45, 2.75) is 26.0 Å². The van der Waals surface area contributed by atoms with Gasteiger partial charge in [0, 0.05) is 16.8 Å². The number of hydrogen-bond acceptors (Lipinski definition) is 6. The summed E-state index contributed by atoms with van der Waals surface area (Å²) in [5, 5.41) is 13.3. The number of benzene rings is 2. The Kier molecular flexibility index (Phi) is 7.47. The maximum absolute atomic E-state index is 12.9. The van der Waals surface area contributed by atoms with Gasteiger partial charge in [-0.05, 0) is 48.4 Å². The zero-order chi connectivity index (χ0) is 22.2. The highest BCUT2D eigenvalue weighted by Crippen LogP contribution is 2.24. The van der Waals surface area contributed by atoms with Crippen LogP contribution in [0.5, 0.6) is 11.6 Å². The molecule has 0 saturated heterocycles. The van der Waals surface area contributed by atoms with Crippen LogP contribution in [0.1, 0.15) is 25.6 Å². The highest BCUT2D eigenvalue weighted by atomic mass is 35.5. The zero-order valence-electron chi connectivity index (χ0n) is 17.2. The summed E-state index contributed by atoms with van der Waals surface area (Å²) >= 11 is 5.92. The molecule has 0 amide bonds. The lowest BCUT2D eigenvalue weighted by molar-refractivity contribution is -0.149. The Morgan fingerprint density at radius 3 is 2.39 bits per heavy atom. The number of nitrogens with zero attached hydrogens (tertiary/aromatic N) is 2. The van der Waals surface area contributed by atoms with Crippen LogP contribution in [0.3, 0.4) is 0 Å². The fraction of sp³-hybridized carbons (Fsp3) is 0.208. The number of pyridine rings is 1. The number of rotatable bonds is 8. The fourth-order valence-electron chi connectivity index (χ4n) is 2.81. The second-order valence-corrected chi connectivity index (χ2v) is 7.57. The first-order valence-electron chi connectivity index (χ1n) is 9.78. The Bertz CT molecular complexity index is 1050. The predicted octanol–water partition coefficient (Wildman–Crippen LogP) is 5.77. The number of ether oxygens (including phenoxy) is 2. The van der Waals surface area contributed by atoms with Crippen molar-refractivity contribution < 1.29 is 14.3 Å². The summed E-state index contributed by atoms with van der Waals surface area (Å²) in [5.74, 6) is 0.292. The molecule has 0 spiro atoms. The average Bonchev–Trinajstić information content (AvgIpc) is 2.77. The topological polar surface area (TPSA) is 84.2 Å². The number of carbonyl (C=O) groups is 1. The van der Waals surface area contributed by atoms with E-state index in [9.17, 15) is 10.1 Å². The molecule has 1 N–H and O–H groups in total. The summed E-state index contributed by atoms with van der Waals surface area (Å²) < 4.78 is 11.2. The van der Waals surface area contributed by atoms with Crippen molar-refractivity contribution in [2.75, 3.05) is 5.32 Å². The molecule has 0 aliphatic heterocycles. The third-order valence-corrected chi connectivity index (χ3v) is 4.67. The molecule has 3 aromatic rings. The van der Waals surface area contributed by atoms with E-state index < -0.39 is 18.1 Å². The van der Waals surface area contributed by atoms with E-state index in [4.69, 9.17) is 21.1 Å². The molecule has 0 aliphatic carbocycles. The van der Waals surface area contributed by atoms with Crippen molar-refractivity contribution in [2.24, 2.45) is 5.92 Å². The van der Waals surface area contributed by atoms with Crippen LogP contribution in [0, 0.1) is 17.2 Å². The van der Waals surface area contributed by atoms with Crippen LogP contribution in [0.2, 0.25) is 5.02 Å². The lowest BCUT2D eigenvalue weighted by Gasteiger charge is -2.23. The Morgan fingerprint density at radius 1 is 1.03 bits per heavy atom. The highest BCUT2D eigenvalue weighted by molar-refractivity contribution is 6.30. The van der Waals surface area contributed by atoms with Gasteiger partial charge in [-0.3, -0.25) is 0 Å². The van der Waals surface area contributed by atoms with Crippen molar-refractivity contribution in [3.8, 4) is 17.7 Å². The van der Waals surface area contributed by atoms with Crippen LogP contribution >= 0.6 is 11.6 Å². The quantitative estimate of drug-likeness (QED) is 0.452. The average molecular weight is 436 g/mol. The SMILES string of the molecule is CC(C)C(Nc1ccc(Cl)cc1)C(=O)OC(C#N)c1cccc(Oc2ccccc2)n1. The summed E-state index contributed by atoms with van der Waals surface area (Å²) in [6.45, 7) is 3.78. The molecule has 1 aromatic heterocycles. The molecule has 1 heterocycles. The van der Waals surface area contributed by atoms with E-state index >= 15 is 0 Å². The lowest BCUT2D eigenvalue weighted by Crippen LogP contribution is -2.36. The van der Waals surface area contributed by atoms with Gasteiger partial charge in [-0.15, -0.1) is 0 Å². The van der Waals surface area contributed by atoms with E-state index in [1.165, 1.54) is 0 Å². The van der Waals surface area contributed by atoms with Gasteiger partial charge in [0.25, 0.3) is 0 Å². The van der Waals surface area contributed by atoms with Crippen molar-refractivity contribution in [1.29, 1.82) is 5.26 Å². The van der Waals surface area contributed by atoms with E-state index in [1.807, 2.05) is 38.1 Å². The maximum Gasteiger partial charge on any atom is 0.330 e. The predicted molar refractivity (Wildman–Crippen MR) is 119 cm³/mol. The number of para-hydroxylation sites is 1. The van der Waals surface area contributed by atoms with Crippen LogP contribution in [0.4, 0.5) is 5.69 Å². The highest BCUT2D eigenvalue weighted by Gasteiger charge is 2.28. The molecular weight excluding hydrogens is 414 g/mol. The zero-order valence-corrected chi connectivity index (χ0v) is 17.9. The molecule has 3 rings (SSSR count). The molecule has 158 valence electrons. The fourth-order valence-corrected chi connectivity index (χ4v) is 2.93.